The van der Waals surface area contributed by atoms with Gasteiger partial charge in [-0.15, -0.1) is 0 Å². The van der Waals surface area contributed by atoms with Gasteiger partial charge in [-0.2, -0.15) is 0 Å². The molecule has 0 fully saturated rings. The maximum Gasteiger partial charge on any atom is 0.345 e. The number of nitro benzene ring substituents is 1. The van der Waals surface area contributed by atoms with E-state index in [1.165, 1.54) is 12.1 Å². The van der Waals surface area contributed by atoms with Crippen molar-refractivity contribution < 1.29 is 14.5 Å². The summed E-state index contributed by atoms with van der Waals surface area (Å²) in [6, 6.07) is 2.42. The first-order chi connectivity index (χ1) is 9.99. The molecular weight excluding hydrogens is 317 g/mol. The Balaban J connectivity index is 2.16. The van der Waals surface area contributed by atoms with Gasteiger partial charge < -0.3 is 4.74 Å². The van der Waals surface area contributed by atoms with E-state index in [9.17, 15) is 14.9 Å². The maximum atomic E-state index is 12.0. The lowest BCUT2D eigenvalue weighted by Crippen LogP contribution is -2.15. The molecule has 5 nitrogen and oxygen atoms in total. The van der Waals surface area contributed by atoms with E-state index >= 15 is 0 Å². The number of nitrogens with zero attached hydrogens (tertiary/aromatic N) is 1. The van der Waals surface area contributed by atoms with Gasteiger partial charge in [-0.05, 0) is 31.4 Å². The van der Waals surface area contributed by atoms with Gasteiger partial charge in [0.25, 0.3) is 0 Å². The van der Waals surface area contributed by atoms with Gasteiger partial charge in [0, 0.05) is 10.9 Å². The highest BCUT2D eigenvalue weighted by Crippen LogP contribution is 2.32. The molecule has 0 aromatic heterocycles. The number of ether oxygens (including phenoxy) is 1. The van der Waals surface area contributed by atoms with Crippen LogP contribution in [0.4, 0.5) is 5.69 Å². The van der Waals surface area contributed by atoms with Crippen LogP contribution in [-0.4, -0.2) is 17.5 Å². The number of hydrogen-bond donors (Lipinski definition) is 0. The monoisotopic (exact) mass is 329 g/mol. The summed E-state index contributed by atoms with van der Waals surface area (Å²) in [7, 11) is 0. The zero-order valence-corrected chi connectivity index (χ0v) is 12.6. The van der Waals surface area contributed by atoms with E-state index in [1.807, 2.05) is 12.2 Å². The summed E-state index contributed by atoms with van der Waals surface area (Å²) in [5, 5.41) is 11.0. The summed E-state index contributed by atoms with van der Waals surface area (Å²) in [5.41, 5.74) is -0.706. The molecule has 1 aliphatic rings. The molecule has 0 saturated heterocycles. The normalized spacial score (nSPS) is 17.5. The van der Waals surface area contributed by atoms with Crippen LogP contribution < -0.4 is 0 Å². The van der Waals surface area contributed by atoms with Crippen LogP contribution in [0.1, 0.15) is 29.6 Å². The molecule has 1 aliphatic carbocycles. The smallest absolute Gasteiger partial charge is 0.345 e. The van der Waals surface area contributed by atoms with E-state index in [2.05, 4.69) is 0 Å². The van der Waals surface area contributed by atoms with Gasteiger partial charge in [0.15, 0.2) is 0 Å². The Hall–Kier alpha value is -1.59. The summed E-state index contributed by atoms with van der Waals surface area (Å²) < 4.78 is 5.16. The van der Waals surface area contributed by atoms with Crippen molar-refractivity contribution in [3.8, 4) is 0 Å². The van der Waals surface area contributed by atoms with Gasteiger partial charge in [-0.1, -0.05) is 35.4 Å². The van der Waals surface area contributed by atoms with Gasteiger partial charge in [-0.25, -0.2) is 4.79 Å². The molecule has 7 heteroatoms. The SMILES string of the molecule is O=C(OCC1C=CCCC1)c1cc(Cl)cc(Cl)c1[N+](=O)[O-]. The van der Waals surface area contributed by atoms with Crippen LogP contribution in [0.2, 0.25) is 10.0 Å². The molecule has 2 rings (SSSR count). The minimum atomic E-state index is -0.787. The van der Waals surface area contributed by atoms with Crippen molar-refractivity contribution in [2.24, 2.45) is 5.92 Å². The molecule has 1 atom stereocenters. The van der Waals surface area contributed by atoms with Crippen LogP contribution in [-0.2, 0) is 4.74 Å². The van der Waals surface area contributed by atoms with Crippen LogP contribution in [0.5, 0.6) is 0 Å². The van der Waals surface area contributed by atoms with E-state index < -0.39 is 16.6 Å². The van der Waals surface area contributed by atoms with Crippen LogP contribution >= 0.6 is 23.2 Å². The topological polar surface area (TPSA) is 69.4 Å². The first-order valence-corrected chi connectivity index (χ1v) is 7.22. The Morgan fingerprint density at radius 1 is 1.43 bits per heavy atom. The largest absolute Gasteiger partial charge is 0.461 e. The van der Waals surface area contributed by atoms with Gasteiger partial charge in [-0.3, -0.25) is 10.1 Å². The van der Waals surface area contributed by atoms with Crippen molar-refractivity contribution in [2.75, 3.05) is 6.61 Å². The highest BCUT2D eigenvalue weighted by atomic mass is 35.5. The number of nitro groups is 1. The molecule has 0 bridgehead atoms. The number of benzene rings is 1. The number of carbonyl (C=O) groups is 1. The minimum Gasteiger partial charge on any atom is -0.461 e. The van der Waals surface area contributed by atoms with Crippen LogP contribution in [0.3, 0.4) is 0 Å². The van der Waals surface area contributed by atoms with Crippen molar-refractivity contribution in [1.29, 1.82) is 0 Å². The number of halogens is 2. The Morgan fingerprint density at radius 2 is 2.19 bits per heavy atom. The third-order valence-electron chi connectivity index (χ3n) is 3.21. The predicted molar refractivity (Wildman–Crippen MR) is 79.9 cm³/mol. The predicted octanol–water partition coefficient (Wildman–Crippen LogP) is 4.41. The van der Waals surface area contributed by atoms with E-state index in [0.717, 1.165) is 19.3 Å². The molecule has 0 heterocycles. The Morgan fingerprint density at radius 3 is 2.81 bits per heavy atom. The second-order valence-corrected chi connectivity index (χ2v) is 5.60. The lowest BCUT2D eigenvalue weighted by molar-refractivity contribution is -0.385. The quantitative estimate of drug-likeness (QED) is 0.355. The fraction of sp³-hybridized carbons (Fsp3) is 0.357. The standard InChI is InChI=1S/C14H13Cl2NO4/c15-10-6-11(13(17(19)20)12(16)7-10)14(18)21-8-9-4-2-1-3-5-9/h2,4,6-7,9H,1,3,5,8H2. The van der Waals surface area contributed by atoms with Crippen LogP contribution in [0.25, 0.3) is 0 Å². The zero-order chi connectivity index (χ0) is 15.4. The Labute approximate surface area is 131 Å². The van der Waals surface area contributed by atoms with Gasteiger partial charge in [0.1, 0.15) is 10.6 Å². The molecule has 112 valence electrons. The zero-order valence-electron chi connectivity index (χ0n) is 11.1. The molecule has 0 saturated carbocycles. The molecular formula is C14H13Cl2NO4. The van der Waals surface area contributed by atoms with E-state index in [-0.39, 0.29) is 28.1 Å². The number of carbonyl (C=O) groups excluding carboxylic acids is 1. The molecule has 1 aromatic rings. The second kappa shape index (κ2) is 6.91. The highest BCUT2D eigenvalue weighted by molar-refractivity contribution is 6.36. The molecule has 1 unspecified atom stereocenters. The van der Waals surface area contributed by atoms with Crippen LogP contribution in [0.15, 0.2) is 24.3 Å². The van der Waals surface area contributed by atoms with Crippen molar-refractivity contribution >= 4 is 34.9 Å². The highest BCUT2D eigenvalue weighted by Gasteiger charge is 2.26. The molecule has 0 aliphatic heterocycles. The second-order valence-electron chi connectivity index (χ2n) is 4.76. The summed E-state index contributed by atoms with van der Waals surface area (Å²) in [6.45, 7) is 0.191. The third kappa shape index (κ3) is 3.95. The van der Waals surface area contributed by atoms with Crippen molar-refractivity contribution in [3.05, 3.63) is 50.0 Å². The minimum absolute atomic E-state index is 0.148. The Bertz CT molecular complexity index is 601. The van der Waals surface area contributed by atoms with Crippen molar-refractivity contribution in [1.82, 2.24) is 0 Å². The average Bonchev–Trinajstić information content (AvgIpc) is 2.44. The van der Waals surface area contributed by atoms with Crippen molar-refractivity contribution in [2.45, 2.75) is 19.3 Å². The van der Waals surface area contributed by atoms with Crippen LogP contribution in [0, 0.1) is 16.0 Å². The summed E-state index contributed by atoms with van der Waals surface area (Å²) in [5.74, 6) is -0.638. The number of rotatable bonds is 4. The Kier molecular flexibility index (Phi) is 5.20. The van der Waals surface area contributed by atoms with Gasteiger partial charge in [0.05, 0.1) is 11.5 Å². The molecule has 0 radical (unpaired) electrons. The average molecular weight is 330 g/mol. The number of esters is 1. The summed E-state index contributed by atoms with van der Waals surface area (Å²) in [6.07, 6.45) is 7.04. The number of allylic oxidation sites excluding steroid dienone is 1. The third-order valence-corrected chi connectivity index (χ3v) is 3.72. The molecule has 21 heavy (non-hydrogen) atoms. The van der Waals surface area contributed by atoms with Gasteiger partial charge in [0.2, 0.25) is 0 Å². The molecule has 1 aromatic carbocycles. The molecule has 0 N–H and O–H groups in total. The summed E-state index contributed by atoms with van der Waals surface area (Å²) >= 11 is 11.6. The lowest BCUT2D eigenvalue weighted by Gasteiger charge is -2.16. The van der Waals surface area contributed by atoms with E-state index in [4.69, 9.17) is 27.9 Å². The number of hydrogen-bond acceptors (Lipinski definition) is 4. The van der Waals surface area contributed by atoms with E-state index in [1.54, 1.807) is 0 Å². The fourth-order valence-electron chi connectivity index (χ4n) is 2.19. The lowest BCUT2D eigenvalue weighted by atomic mass is 9.97. The van der Waals surface area contributed by atoms with Crippen molar-refractivity contribution in [3.63, 3.8) is 0 Å². The molecule has 0 spiro atoms. The molecule has 0 amide bonds. The maximum absolute atomic E-state index is 12.0. The van der Waals surface area contributed by atoms with E-state index in [0.29, 0.717) is 0 Å². The van der Waals surface area contributed by atoms with Gasteiger partial charge >= 0.3 is 11.7 Å². The first kappa shape index (κ1) is 15.8. The fourth-order valence-corrected chi connectivity index (χ4v) is 2.75. The summed E-state index contributed by atoms with van der Waals surface area (Å²) in [4.78, 5) is 22.4. The first-order valence-electron chi connectivity index (χ1n) is 6.46.